The topological polar surface area (TPSA) is 44.4 Å². The summed E-state index contributed by atoms with van der Waals surface area (Å²) in [6.07, 6.45) is 2.02. The molecule has 1 fully saturated rings. The van der Waals surface area contributed by atoms with Crippen molar-refractivity contribution in [1.82, 2.24) is 10.2 Å². The number of amides is 1. The molecule has 0 atom stereocenters. The lowest BCUT2D eigenvalue weighted by atomic mass is 9.90. The Labute approximate surface area is 129 Å². The fourth-order valence-electron chi connectivity index (χ4n) is 2.44. The molecule has 0 aromatic heterocycles. The maximum Gasteiger partial charge on any atom is 0.238 e. The number of halogens is 2. The summed E-state index contributed by atoms with van der Waals surface area (Å²) in [7, 11) is 1.97. The first-order chi connectivity index (χ1) is 9.92. The molecule has 1 aliphatic heterocycles. The van der Waals surface area contributed by atoms with Crippen LogP contribution in [-0.4, -0.2) is 43.0 Å². The van der Waals surface area contributed by atoms with Gasteiger partial charge in [-0.05, 0) is 45.0 Å². The van der Waals surface area contributed by atoms with E-state index in [1.807, 2.05) is 7.05 Å². The molecular weight excluding hydrogens is 293 g/mol. The maximum absolute atomic E-state index is 13.0. The quantitative estimate of drug-likeness (QED) is 0.897. The van der Waals surface area contributed by atoms with Crippen molar-refractivity contribution in [3.8, 4) is 0 Å². The Kier molecular flexibility index (Phi) is 5.19. The maximum atomic E-state index is 13.0. The zero-order chi connectivity index (χ0) is 15.5. The number of carbonyl (C=O) groups is 1. The SMILES string of the molecule is CNC1(C)CCN(CC(=O)Nc2ccc(F)cc2Cl)CC1. The molecule has 0 bridgehead atoms. The van der Waals surface area contributed by atoms with Gasteiger partial charge in [0.05, 0.1) is 17.3 Å². The van der Waals surface area contributed by atoms with Gasteiger partial charge in [0.25, 0.3) is 0 Å². The van der Waals surface area contributed by atoms with Gasteiger partial charge in [0.2, 0.25) is 5.91 Å². The highest BCUT2D eigenvalue weighted by Gasteiger charge is 2.28. The summed E-state index contributed by atoms with van der Waals surface area (Å²) in [5.74, 6) is -0.544. The summed E-state index contributed by atoms with van der Waals surface area (Å²) in [4.78, 5) is 14.1. The van der Waals surface area contributed by atoms with Crippen molar-refractivity contribution in [2.24, 2.45) is 0 Å². The van der Waals surface area contributed by atoms with Gasteiger partial charge in [0, 0.05) is 18.6 Å². The van der Waals surface area contributed by atoms with Crippen molar-refractivity contribution in [2.45, 2.75) is 25.3 Å². The number of nitrogens with one attached hydrogen (secondary N) is 2. The summed E-state index contributed by atoms with van der Waals surface area (Å²) >= 11 is 5.90. The molecule has 4 nitrogen and oxygen atoms in total. The fraction of sp³-hybridized carbons (Fsp3) is 0.533. The summed E-state index contributed by atoms with van der Waals surface area (Å²) in [5.41, 5.74) is 0.605. The lowest BCUT2D eigenvalue weighted by molar-refractivity contribution is -0.117. The molecule has 0 unspecified atom stereocenters. The predicted octanol–water partition coefficient (Wildman–Crippen LogP) is 2.49. The molecule has 1 aromatic carbocycles. The molecule has 1 amide bonds. The first kappa shape index (κ1) is 16.2. The lowest BCUT2D eigenvalue weighted by Gasteiger charge is -2.39. The Hall–Kier alpha value is -1.17. The number of hydrogen-bond acceptors (Lipinski definition) is 3. The minimum atomic E-state index is -0.416. The van der Waals surface area contributed by atoms with Crippen LogP contribution in [0.4, 0.5) is 10.1 Å². The Bertz CT molecular complexity index is 516. The van der Waals surface area contributed by atoms with Crippen molar-refractivity contribution in [2.75, 3.05) is 32.0 Å². The molecule has 6 heteroatoms. The van der Waals surface area contributed by atoms with Gasteiger partial charge in [-0.3, -0.25) is 9.69 Å². The van der Waals surface area contributed by atoms with Crippen LogP contribution < -0.4 is 10.6 Å². The fourth-order valence-corrected chi connectivity index (χ4v) is 2.65. The number of nitrogens with zero attached hydrogens (tertiary/aromatic N) is 1. The van der Waals surface area contributed by atoms with Crippen LogP contribution in [-0.2, 0) is 4.79 Å². The van der Waals surface area contributed by atoms with E-state index < -0.39 is 5.82 Å². The first-order valence-electron chi connectivity index (χ1n) is 7.08. The molecule has 0 aliphatic carbocycles. The van der Waals surface area contributed by atoms with Crippen LogP contribution >= 0.6 is 11.6 Å². The third-order valence-electron chi connectivity index (χ3n) is 4.14. The summed E-state index contributed by atoms with van der Waals surface area (Å²) in [5, 5.41) is 6.26. The third kappa shape index (κ3) is 4.40. The number of likely N-dealkylation sites (tertiary alicyclic amines) is 1. The molecule has 0 spiro atoms. The lowest BCUT2D eigenvalue weighted by Crippen LogP contribution is -2.51. The van der Waals surface area contributed by atoms with Crippen molar-refractivity contribution in [3.63, 3.8) is 0 Å². The number of anilines is 1. The predicted molar refractivity (Wildman–Crippen MR) is 83.2 cm³/mol. The molecule has 1 saturated heterocycles. The van der Waals surface area contributed by atoms with Crippen LogP contribution in [0.5, 0.6) is 0 Å². The van der Waals surface area contributed by atoms with E-state index in [2.05, 4.69) is 22.5 Å². The normalized spacial score (nSPS) is 18.5. The minimum Gasteiger partial charge on any atom is -0.324 e. The van der Waals surface area contributed by atoms with Crippen LogP contribution in [0.2, 0.25) is 5.02 Å². The monoisotopic (exact) mass is 313 g/mol. The number of piperidine rings is 1. The van der Waals surface area contributed by atoms with Crippen molar-refractivity contribution >= 4 is 23.2 Å². The highest BCUT2D eigenvalue weighted by atomic mass is 35.5. The van der Waals surface area contributed by atoms with Gasteiger partial charge in [-0.25, -0.2) is 4.39 Å². The van der Waals surface area contributed by atoms with Crippen LogP contribution in [0.15, 0.2) is 18.2 Å². The molecule has 116 valence electrons. The van der Waals surface area contributed by atoms with E-state index >= 15 is 0 Å². The second kappa shape index (κ2) is 6.73. The second-order valence-electron chi connectivity index (χ2n) is 5.76. The average molecular weight is 314 g/mol. The highest BCUT2D eigenvalue weighted by molar-refractivity contribution is 6.33. The number of rotatable bonds is 4. The standard InChI is InChI=1S/C15H21ClFN3O/c1-15(18-2)5-7-20(8-6-15)10-14(21)19-13-4-3-11(17)9-12(13)16/h3-4,9,18H,5-8,10H2,1-2H3,(H,19,21). The minimum absolute atomic E-state index is 0.128. The number of benzene rings is 1. The van der Waals surface area contributed by atoms with E-state index in [1.165, 1.54) is 18.2 Å². The summed E-state index contributed by atoms with van der Waals surface area (Å²) in [6, 6.07) is 3.95. The van der Waals surface area contributed by atoms with E-state index in [0.717, 1.165) is 25.9 Å². The smallest absolute Gasteiger partial charge is 0.238 e. The Morgan fingerprint density at radius 3 is 2.67 bits per heavy atom. The van der Waals surface area contributed by atoms with Crippen molar-refractivity contribution in [3.05, 3.63) is 29.0 Å². The van der Waals surface area contributed by atoms with Gasteiger partial charge in [0.15, 0.2) is 0 Å². The Balaban J connectivity index is 1.85. The molecule has 21 heavy (non-hydrogen) atoms. The summed E-state index contributed by atoms with van der Waals surface area (Å²) < 4.78 is 13.0. The van der Waals surface area contributed by atoms with Crippen LogP contribution in [0.25, 0.3) is 0 Å². The van der Waals surface area contributed by atoms with E-state index in [1.54, 1.807) is 0 Å². The van der Waals surface area contributed by atoms with E-state index in [9.17, 15) is 9.18 Å². The van der Waals surface area contributed by atoms with Crippen LogP contribution in [0, 0.1) is 5.82 Å². The third-order valence-corrected chi connectivity index (χ3v) is 4.45. The van der Waals surface area contributed by atoms with Gasteiger partial charge < -0.3 is 10.6 Å². The molecule has 1 heterocycles. The molecule has 1 aromatic rings. The van der Waals surface area contributed by atoms with Gasteiger partial charge >= 0.3 is 0 Å². The van der Waals surface area contributed by atoms with Crippen LogP contribution in [0.3, 0.4) is 0 Å². The van der Waals surface area contributed by atoms with E-state index in [4.69, 9.17) is 11.6 Å². The molecule has 2 rings (SSSR count). The molecule has 2 N–H and O–H groups in total. The zero-order valence-corrected chi connectivity index (χ0v) is 13.1. The highest BCUT2D eigenvalue weighted by Crippen LogP contribution is 2.23. The number of carbonyl (C=O) groups excluding carboxylic acids is 1. The molecule has 0 saturated carbocycles. The number of hydrogen-bond donors (Lipinski definition) is 2. The first-order valence-corrected chi connectivity index (χ1v) is 7.46. The molecule has 1 aliphatic rings. The van der Waals surface area contributed by atoms with Gasteiger partial charge in [-0.15, -0.1) is 0 Å². The van der Waals surface area contributed by atoms with Crippen molar-refractivity contribution < 1.29 is 9.18 Å². The van der Waals surface area contributed by atoms with Gasteiger partial charge in [-0.1, -0.05) is 11.6 Å². The van der Waals surface area contributed by atoms with Gasteiger partial charge in [-0.2, -0.15) is 0 Å². The van der Waals surface area contributed by atoms with Crippen LogP contribution in [0.1, 0.15) is 19.8 Å². The molecule has 0 radical (unpaired) electrons. The largest absolute Gasteiger partial charge is 0.324 e. The summed E-state index contributed by atoms with van der Waals surface area (Å²) in [6.45, 7) is 4.28. The zero-order valence-electron chi connectivity index (χ0n) is 12.4. The molecular formula is C15H21ClFN3O. The average Bonchev–Trinajstić information content (AvgIpc) is 2.45. The second-order valence-corrected chi connectivity index (χ2v) is 6.17. The Morgan fingerprint density at radius 1 is 1.43 bits per heavy atom. The van der Waals surface area contributed by atoms with E-state index in [-0.39, 0.29) is 16.5 Å². The van der Waals surface area contributed by atoms with Crippen molar-refractivity contribution in [1.29, 1.82) is 0 Å². The van der Waals surface area contributed by atoms with E-state index in [0.29, 0.717) is 12.2 Å². The van der Waals surface area contributed by atoms with Gasteiger partial charge in [0.1, 0.15) is 5.82 Å². The Morgan fingerprint density at radius 2 is 2.10 bits per heavy atom.